The Morgan fingerprint density at radius 3 is 2.60 bits per heavy atom. The van der Waals surface area contributed by atoms with E-state index in [0.29, 0.717) is 6.10 Å². The second-order valence-corrected chi connectivity index (χ2v) is 3.24. The van der Waals surface area contributed by atoms with Crippen molar-refractivity contribution in [3.63, 3.8) is 0 Å². The molecule has 1 saturated heterocycles. The Balaban J connectivity index is 0.000000531. The molecular weight excluding hydrogens is 188 g/mol. The second-order valence-electron chi connectivity index (χ2n) is 3.24. The van der Waals surface area contributed by atoms with Gasteiger partial charge in [-0.05, 0) is 32.0 Å². The highest BCUT2D eigenvalue weighted by atomic mass is 16.5. The van der Waals surface area contributed by atoms with Gasteiger partial charge in [0.2, 0.25) is 5.88 Å². The summed E-state index contributed by atoms with van der Waals surface area (Å²) >= 11 is 0. The zero-order valence-corrected chi connectivity index (χ0v) is 9.57. The molecule has 0 saturated carbocycles. The fourth-order valence-electron chi connectivity index (χ4n) is 1.50. The molecule has 0 spiro atoms. The number of nitrogens with one attached hydrogen (secondary N) is 1. The van der Waals surface area contributed by atoms with E-state index in [1.165, 1.54) is 0 Å². The van der Waals surface area contributed by atoms with Crippen LogP contribution in [0.5, 0.6) is 5.88 Å². The number of aromatic nitrogens is 1. The van der Waals surface area contributed by atoms with Gasteiger partial charge in [0.15, 0.2) is 0 Å². The van der Waals surface area contributed by atoms with Crippen molar-refractivity contribution in [3.05, 3.63) is 24.4 Å². The van der Waals surface area contributed by atoms with Gasteiger partial charge in [0.25, 0.3) is 0 Å². The zero-order chi connectivity index (χ0) is 10.9. The maximum absolute atomic E-state index is 5.70. The van der Waals surface area contributed by atoms with Gasteiger partial charge >= 0.3 is 0 Å². The van der Waals surface area contributed by atoms with Crippen LogP contribution in [0.25, 0.3) is 0 Å². The first kappa shape index (κ1) is 12.0. The third kappa shape index (κ3) is 4.30. The van der Waals surface area contributed by atoms with E-state index in [9.17, 15) is 0 Å². The predicted molar refractivity (Wildman–Crippen MR) is 62.1 cm³/mol. The molecule has 0 bridgehead atoms. The highest BCUT2D eigenvalue weighted by molar-refractivity contribution is 5.09. The lowest BCUT2D eigenvalue weighted by Gasteiger charge is -2.22. The summed E-state index contributed by atoms with van der Waals surface area (Å²) in [6.45, 7) is 6.11. The maximum Gasteiger partial charge on any atom is 0.213 e. The SMILES string of the molecule is CC.c1ccc(OC2CCNCC2)nc1. The van der Waals surface area contributed by atoms with E-state index in [4.69, 9.17) is 4.74 Å². The third-order valence-corrected chi connectivity index (χ3v) is 2.21. The molecule has 1 aromatic heterocycles. The Morgan fingerprint density at radius 1 is 1.27 bits per heavy atom. The lowest BCUT2D eigenvalue weighted by atomic mass is 10.1. The fraction of sp³-hybridized carbons (Fsp3) is 0.583. The minimum atomic E-state index is 0.344. The first-order chi connectivity index (χ1) is 7.45. The van der Waals surface area contributed by atoms with Crippen LogP contribution in [0.1, 0.15) is 26.7 Å². The normalized spacial score (nSPS) is 16.4. The molecule has 0 aliphatic carbocycles. The number of hydrogen-bond donors (Lipinski definition) is 1. The highest BCUT2D eigenvalue weighted by Crippen LogP contribution is 2.12. The molecule has 0 radical (unpaired) electrons. The molecule has 15 heavy (non-hydrogen) atoms. The Kier molecular flexibility index (Phi) is 5.78. The summed E-state index contributed by atoms with van der Waals surface area (Å²) in [6, 6.07) is 5.75. The minimum absolute atomic E-state index is 0.344. The molecule has 84 valence electrons. The maximum atomic E-state index is 5.70. The van der Waals surface area contributed by atoms with Crippen molar-refractivity contribution in [3.8, 4) is 5.88 Å². The molecule has 0 aromatic carbocycles. The van der Waals surface area contributed by atoms with Gasteiger partial charge < -0.3 is 10.1 Å². The Bertz CT molecular complexity index is 245. The molecule has 2 heterocycles. The van der Waals surface area contributed by atoms with Crippen LogP contribution in [-0.4, -0.2) is 24.2 Å². The predicted octanol–water partition coefficient (Wildman–Crippen LogP) is 2.24. The topological polar surface area (TPSA) is 34.1 Å². The van der Waals surface area contributed by atoms with Crippen LogP contribution in [0.15, 0.2) is 24.4 Å². The van der Waals surface area contributed by atoms with Crippen LogP contribution in [0.4, 0.5) is 0 Å². The summed E-state index contributed by atoms with van der Waals surface area (Å²) in [5.41, 5.74) is 0. The molecule has 2 rings (SSSR count). The summed E-state index contributed by atoms with van der Waals surface area (Å²) in [6.07, 6.45) is 4.26. The molecule has 0 atom stereocenters. The van der Waals surface area contributed by atoms with Crippen molar-refractivity contribution in [1.29, 1.82) is 0 Å². The molecule has 1 fully saturated rings. The van der Waals surface area contributed by atoms with Crippen molar-refractivity contribution in [2.75, 3.05) is 13.1 Å². The van der Waals surface area contributed by atoms with E-state index in [2.05, 4.69) is 10.3 Å². The molecule has 3 nitrogen and oxygen atoms in total. The van der Waals surface area contributed by atoms with Crippen LogP contribution in [-0.2, 0) is 0 Å². The number of hydrogen-bond acceptors (Lipinski definition) is 3. The number of ether oxygens (including phenoxy) is 1. The molecule has 0 unspecified atom stereocenters. The van der Waals surface area contributed by atoms with Gasteiger partial charge in [-0.2, -0.15) is 0 Å². The summed E-state index contributed by atoms with van der Waals surface area (Å²) in [7, 11) is 0. The van der Waals surface area contributed by atoms with Gasteiger partial charge in [0, 0.05) is 12.3 Å². The van der Waals surface area contributed by atoms with Crippen molar-refractivity contribution < 1.29 is 4.74 Å². The van der Waals surface area contributed by atoms with E-state index in [-0.39, 0.29) is 0 Å². The lowest BCUT2D eigenvalue weighted by Crippen LogP contribution is -2.34. The van der Waals surface area contributed by atoms with E-state index in [1.807, 2.05) is 32.0 Å². The molecular formula is C12H20N2O. The smallest absolute Gasteiger partial charge is 0.213 e. The van der Waals surface area contributed by atoms with Crippen molar-refractivity contribution >= 4 is 0 Å². The monoisotopic (exact) mass is 208 g/mol. The van der Waals surface area contributed by atoms with Gasteiger partial charge in [-0.1, -0.05) is 19.9 Å². The second kappa shape index (κ2) is 7.23. The van der Waals surface area contributed by atoms with E-state index < -0.39 is 0 Å². The Morgan fingerprint density at radius 2 is 2.00 bits per heavy atom. The highest BCUT2D eigenvalue weighted by Gasteiger charge is 2.14. The zero-order valence-electron chi connectivity index (χ0n) is 9.57. The molecule has 1 aromatic rings. The van der Waals surface area contributed by atoms with Crippen molar-refractivity contribution in [1.82, 2.24) is 10.3 Å². The average molecular weight is 208 g/mol. The lowest BCUT2D eigenvalue weighted by molar-refractivity contribution is 0.156. The molecule has 1 aliphatic heterocycles. The Hall–Kier alpha value is -1.09. The van der Waals surface area contributed by atoms with Crippen molar-refractivity contribution in [2.24, 2.45) is 0 Å². The van der Waals surface area contributed by atoms with Gasteiger partial charge in [-0.3, -0.25) is 0 Å². The largest absolute Gasteiger partial charge is 0.474 e. The number of piperidine rings is 1. The van der Waals surface area contributed by atoms with Crippen LogP contribution in [0.2, 0.25) is 0 Å². The minimum Gasteiger partial charge on any atom is -0.474 e. The van der Waals surface area contributed by atoms with Gasteiger partial charge in [0.1, 0.15) is 6.10 Å². The molecule has 1 aliphatic rings. The Labute approximate surface area is 91.9 Å². The van der Waals surface area contributed by atoms with E-state index in [0.717, 1.165) is 31.8 Å². The van der Waals surface area contributed by atoms with Gasteiger partial charge in [-0.25, -0.2) is 4.98 Å². The summed E-state index contributed by atoms with van der Waals surface area (Å²) in [4.78, 5) is 4.13. The third-order valence-electron chi connectivity index (χ3n) is 2.21. The van der Waals surface area contributed by atoms with Gasteiger partial charge in [0.05, 0.1) is 0 Å². The number of pyridine rings is 1. The van der Waals surface area contributed by atoms with Crippen LogP contribution in [0, 0.1) is 0 Å². The first-order valence-electron chi connectivity index (χ1n) is 5.73. The van der Waals surface area contributed by atoms with Crippen LogP contribution in [0.3, 0.4) is 0 Å². The van der Waals surface area contributed by atoms with Gasteiger partial charge in [-0.15, -0.1) is 0 Å². The fourth-order valence-corrected chi connectivity index (χ4v) is 1.50. The molecule has 3 heteroatoms. The van der Waals surface area contributed by atoms with E-state index >= 15 is 0 Å². The molecule has 1 N–H and O–H groups in total. The van der Waals surface area contributed by atoms with Crippen LogP contribution >= 0.6 is 0 Å². The van der Waals surface area contributed by atoms with Crippen LogP contribution < -0.4 is 10.1 Å². The van der Waals surface area contributed by atoms with Crippen molar-refractivity contribution in [2.45, 2.75) is 32.8 Å². The number of rotatable bonds is 2. The molecule has 0 amide bonds. The standard InChI is InChI=1S/C10H14N2O.C2H6/c1-2-6-12-10(3-1)13-9-4-7-11-8-5-9;1-2/h1-3,6,9,11H,4-5,7-8H2;1-2H3. The summed E-state index contributed by atoms with van der Waals surface area (Å²) < 4.78 is 5.70. The summed E-state index contributed by atoms with van der Waals surface area (Å²) in [5.74, 6) is 0.745. The first-order valence-corrected chi connectivity index (χ1v) is 5.73. The number of nitrogens with zero attached hydrogens (tertiary/aromatic N) is 1. The van der Waals surface area contributed by atoms with E-state index in [1.54, 1.807) is 6.20 Å². The summed E-state index contributed by atoms with van der Waals surface area (Å²) in [5, 5.41) is 3.30. The average Bonchev–Trinajstić information content (AvgIpc) is 2.34. The quantitative estimate of drug-likeness (QED) is 0.809.